The van der Waals surface area contributed by atoms with Gasteiger partial charge in [-0.2, -0.15) is 0 Å². The van der Waals surface area contributed by atoms with Crippen LogP contribution in [-0.4, -0.2) is 82.4 Å². The van der Waals surface area contributed by atoms with Crippen LogP contribution >= 0.6 is 0 Å². The van der Waals surface area contributed by atoms with Gasteiger partial charge in [-0.1, -0.05) is 36.4 Å². The van der Waals surface area contributed by atoms with Gasteiger partial charge < -0.3 is 28.0 Å². The number of aromatic nitrogens is 9. The molecule has 4 unspecified atom stereocenters. The van der Waals surface area contributed by atoms with Crippen LogP contribution < -0.4 is 29.4 Å². The molecule has 3 aliphatic heterocycles. The van der Waals surface area contributed by atoms with E-state index in [2.05, 4.69) is 81.8 Å². The van der Waals surface area contributed by atoms with E-state index in [0.29, 0.717) is 57.4 Å². The minimum atomic E-state index is -2.56. The van der Waals surface area contributed by atoms with Crippen LogP contribution in [0.1, 0.15) is 93.1 Å². The van der Waals surface area contributed by atoms with Crippen LogP contribution in [0.25, 0.3) is 66.2 Å². The minimum Gasteiger partial charge on any atom is -0.435 e. The molecular weight excluding hydrogens is 1030 g/mol. The van der Waals surface area contributed by atoms with Crippen molar-refractivity contribution < 1.29 is 24.2 Å². The van der Waals surface area contributed by atoms with Crippen LogP contribution in [0.15, 0.2) is 123 Å². The van der Waals surface area contributed by atoms with Crippen LogP contribution in [0.4, 0.5) is 52.0 Å². The molecule has 0 saturated carbocycles. The summed E-state index contributed by atoms with van der Waals surface area (Å²) < 4.78 is 84.1. The van der Waals surface area contributed by atoms with Gasteiger partial charge >= 0.3 is 0 Å². The molecule has 0 N–H and O–H groups in total. The average Bonchev–Trinajstić information content (AvgIpc) is 1.58. The summed E-state index contributed by atoms with van der Waals surface area (Å²) >= 11 is 0. The van der Waals surface area contributed by atoms with Gasteiger partial charge in [0.15, 0.2) is 51.7 Å². The molecule has 0 spiro atoms. The van der Waals surface area contributed by atoms with Gasteiger partial charge in [0.2, 0.25) is 17.1 Å². The zero-order valence-electron chi connectivity index (χ0n) is 55.6. The normalized spacial score (nSPS) is 19.2. The number of benzene rings is 3. The monoisotopic (exact) mass is 1100 g/mol. The van der Waals surface area contributed by atoms with E-state index in [-0.39, 0.29) is 6.17 Å². The molecule has 82 heavy (non-hydrogen) atoms. The van der Waals surface area contributed by atoms with Crippen LogP contribution in [0, 0.1) is 41.5 Å². The summed E-state index contributed by atoms with van der Waals surface area (Å²) in [6, 6.07) is 21.4. The number of rotatable bonds is 5. The lowest BCUT2D eigenvalue weighted by Gasteiger charge is -2.32. The first-order chi connectivity index (χ1) is 42.6. The van der Waals surface area contributed by atoms with Crippen molar-refractivity contribution >= 4 is 118 Å². The molecular formula is C64H65N15O3. The van der Waals surface area contributed by atoms with E-state index in [1.165, 1.54) is 29.1 Å². The van der Waals surface area contributed by atoms with Crippen molar-refractivity contribution in [1.82, 2.24) is 44.9 Å². The first kappa shape index (κ1) is 43.4. The van der Waals surface area contributed by atoms with Gasteiger partial charge in [0.25, 0.3) is 0 Å². The van der Waals surface area contributed by atoms with E-state index in [1.807, 2.05) is 132 Å². The number of pyridine rings is 3. The molecule has 18 nitrogen and oxygen atoms in total. The fourth-order valence-corrected chi connectivity index (χ4v) is 11.9. The minimum absolute atomic E-state index is 0.146. The molecule has 12 heterocycles. The van der Waals surface area contributed by atoms with Crippen molar-refractivity contribution in [1.29, 1.82) is 0 Å². The van der Waals surface area contributed by atoms with E-state index < -0.39 is 38.2 Å². The summed E-state index contributed by atoms with van der Waals surface area (Å²) in [5, 5.41) is 5.69. The average molecular weight is 1100 g/mol. The predicted octanol–water partition coefficient (Wildman–Crippen LogP) is 14.5. The van der Waals surface area contributed by atoms with Crippen molar-refractivity contribution in [3.05, 3.63) is 144 Å². The predicted molar refractivity (Wildman–Crippen MR) is 327 cm³/mol. The van der Waals surface area contributed by atoms with Crippen molar-refractivity contribution in [2.45, 2.75) is 120 Å². The number of hydrogen-bond acceptors (Lipinski definition) is 18. The highest BCUT2D eigenvalue weighted by Gasteiger charge is 2.42. The smallest absolute Gasteiger partial charge is 0.227 e. The fourth-order valence-electron chi connectivity index (χ4n) is 11.9. The maximum atomic E-state index is 8.75. The zero-order valence-corrected chi connectivity index (χ0v) is 47.6. The Kier molecular flexibility index (Phi) is 10.4. The SMILES string of the molecule is [2H]C(C)(C)N1c2nccnc2N(c2c(C)ccc3c2oc2nc(C)ccc23)C1C.[2H]C([2H])([2H])C([2H])(C)N1c2nccnc2N(c2c(C)ccc3c2oc2nc(C)ccc23)C1C.[2H]C([2H])([2H])N1c2nccnc2N(c2c(C)ccc3c2oc2nc(C)ccc23)C1C. The molecule has 3 aliphatic rings. The Morgan fingerprint density at radius 1 is 0.402 bits per heavy atom. The highest BCUT2D eigenvalue weighted by atomic mass is 16.3. The second-order valence-corrected chi connectivity index (χ2v) is 21.3. The number of anilines is 9. The molecule has 0 fully saturated rings. The van der Waals surface area contributed by atoms with E-state index >= 15 is 0 Å². The largest absolute Gasteiger partial charge is 0.435 e. The van der Waals surface area contributed by atoms with E-state index in [4.69, 9.17) is 24.2 Å². The van der Waals surface area contributed by atoms with Crippen LogP contribution in [0.3, 0.4) is 0 Å². The van der Waals surface area contributed by atoms with Gasteiger partial charge in [-0.25, -0.2) is 44.9 Å². The van der Waals surface area contributed by atoms with Crippen LogP contribution in [0.5, 0.6) is 0 Å². The lowest BCUT2D eigenvalue weighted by molar-refractivity contribution is 0.597. The highest BCUT2D eigenvalue weighted by molar-refractivity contribution is 6.12. The molecule has 12 aromatic rings. The second kappa shape index (κ2) is 19.7. The first-order valence-corrected chi connectivity index (χ1v) is 27.1. The summed E-state index contributed by atoms with van der Waals surface area (Å²) in [6.07, 6.45) is 8.32. The molecule has 3 aromatic carbocycles. The standard InChI is InChI=1S/2C22H23N5O.C20H19N5O/c2*1-12(2)26-15(5)27(21-20(26)23-10-11-24-21)18-13(3)6-8-16-17-9-7-14(4)25-22(17)28-19(16)18;1-11-5-7-14-15-8-6-12(2)23-20(15)26-17(14)16(11)25-13(3)24(4)18-19(25)22-10-9-21-18/h2*6-12,15H,1-5H3;5-10,13H,1-4H3/i1D3,12D;12D;4D3. The van der Waals surface area contributed by atoms with Gasteiger partial charge in [-0.05, 0) is 143 Å². The maximum absolute atomic E-state index is 8.75. The molecule has 18 heteroatoms. The Labute approximate surface area is 486 Å². The summed E-state index contributed by atoms with van der Waals surface area (Å²) in [5.74, 6) is 3.12. The third-order valence-corrected chi connectivity index (χ3v) is 15.6. The number of nitrogens with zero attached hydrogens (tertiary/aromatic N) is 15. The summed E-state index contributed by atoms with van der Waals surface area (Å²) in [5.41, 5.74) is 11.9. The first-order valence-electron chi connectivity index (χ1n) is 31.1. The summed E-state index contributed by atoms with van der Waals surface area (Å²) in [4.78, 5) is 51.3. The van der Waals surface area contributed by atoms with Gasteiger partial charge in [0.1, 0.15) is 18.5 Å². The van der Waals surface area contributed by atoms with Crippen molar-refractivity contribution in [2.24, 2.45) is 0 Å². The van der Waals surface area contributed by atoms with Gasteiger partial charge in [-0.15, -0.1) is 0 Å². The zero-order chi connectivity index (χ0) is 64.0. The highest BCUT2D eigenvalue weighted by Crippen LogP contribution is 2.50. The molecule has 0 amide bonds. The lowest BCUT2D eigenvalue weighted by atomic mass is 10.1. The summed E-state index contributed by atoms with van der Waals surface area (Å²) in [7, 11) is 0. The summed E-state index contributed by atoms with van der Waals surface area (Å²) in [6.45, 7) is 17.8. The number of hydrogen-bond donors (Lipinski definition) is 0. The maximum Gasteiger partial charge on any atom is 0.227 e. The molecule has 414 valence electrons. The van der Waals surface area contributed by atoms with Crippen LogP contribution in [0.2, 0.25) is 0 Å². The Bertz CT molecular complexity index is 4650. The van der Waals surface area contributed by atoms with E-state index in [9.17, 15) is 0 Å². The Hall–Kier alpha value is -9.45. The second-order valence-electron chi connectivity index (χ2n) is 21.3. The molecule has 0 bridgehead atoms. The van der Waals surface area contributed by atoms with Crippen molar-refractivity contribution in [3.63, 3.8) is 0 Å². The molecule has 0 radical (unpaired) electrons. The van der Waals surface area contributed by atoms with Gasteiger partial charge in [0, 0.05) is 114 Å². The molecule has 0 aliphatic carbocycles. The molecule has 0 saturated heterocycles. The third-order valence-electron chi connectivity index (χ3n) is 15.6. The van der Waals surface area contributed by atoms with E-state index in [0.717, 1.165) is 94.6 Å². The number of fused-ring (bicyclic) bond motifs is 12. The van der Waals surface area contributed by atoms with Gasteiger partial charge in [-0.3, -0.25) is 14.7 Å². The Morgan fingerprint density at radius 3 is 1.07 bits per heavy atom. The van der Waals surface area contributed by atoms with E-state index in [1.54, 1.807) is 24.8 Å². The Balaban J connectivity index is 0.000000124. The number of furan rings is 3. The molecule has 9 aromatic heterocycles. The topological polar surface area (TPSA) is 175 Å². The molecule has 4 atom stereocenters. The van der Waals surface area contributed by atoms with Crippen molar-refractivity contribution in [3.8, 4) is 0 Å². The number of aryl methyl sites for hydroxylation is 6. The lowest BCUT2D eigenvalue weighted by Crippen LogP contribution is -2.42. The Morgan fingerprint density at radius 2 is 0.720 bits per heavy atom. The molecule has 15 rings (SSSR count). The van der Waals surface area contributed by atoms with Crippen LogP contribution in [-0.2, 0) is 0 Å². The third kappa shape index (κ3) is 8.08. The quantitative estimate of drug-likeness (QED) is 0.159. The van der Waals surface area contributed by atoms with Crippen molar-refractivity contribution in [2.75, 3.05) is 36.4 Å². The van der Waals surface area contributed by atoms with Gasteiger partial charge in [0.05, 0.1) is 19.8 Å². The fraction of sp³-hybridized carbons (Fsp3) is 0.297.